The van der Waals surface area contributed by atoms with Crippen molar-refractivity contribution in [2.45, 2.75) is 24.6 Å². The van der Waals surface area contributed by atoms with Gasteiger partial charge in [-0.05, 0) is 6.92 Å². The number of amides is 2. The number of nitrogens with two attached hydrogens (primary N) is 1. The average Bonchev–Trinajstić information content (AvgIpc) is 2.32. The predicted molar refractivity (Wildman–Crippen MR) is 67.7 cm³/mol. The second-order valence-electron chi connectivity index (χ2n) is 3.53. The SMILES string of the molecule is CNC(=O)CC(SC[C@@H](N)C(C)=O)C(=O)NC. The van der Waals surface area contributed by atoms with Gasteiger partial charge in [0.1, 0.15) is 5.78 Å². The van der Waals surface area contributed by atoms with E-state index in [1.165, 1.54) is 32.8 Å². The van der Waals surface area contributed by atoms with Crippen LogP contribution >= 0.6 is 11.8 Å². The van der Waals surface area contributed by atoms with Crippen molar-refractivity contribution in [3.63, 3.8) is 0 Å². The summed E-state index contributed by atoms with van der Waals surface area (Å²) >= 11 is 1.22. The van der Waals surface area contributed by atoms with E-state index in [2.05, 4.69) is 10.6 Å². The molecule has 2 amide bonds. The number of hydrogen-bond acceptors (Lipinski definition) is 5. The summed E-state index contributed by atoms with van der Waals surface area (Å²) in [5.41, 5.74) is 5.57. The van der Waals surface area contributed by atoms with Crippen LogP contribution in [0.4, 0.5) is 0 Å². The monoisotopic (exact) mass is 261 g/mol. The molecule has 0 aromatic rings. The summed E-state index contributed by atoms with van der Waals surface area (Å²) < 4.78 is 0. The van der Waals surface area contributed by atoms with Gasteiger partial charge in [0.2, 0.25) is 11.8 Å². The minimum atomic E-state index is -0.600. The van der Waals surface area contributed by atoms with E-state index in [0.717, 1.165) is 0 Å². The van der Waals surface area contributed by atoms with Gasteiger partial charge in [-0.1, -0.05) is 0 Å². The summed E-state index contributed by atoms with van der Waals surface area (Å²) in [5, 5.41) is 4.41. The lowest BCUT2D eigenvalue weighted by atomic mass is 10.2. The van der Waals surface area contributed by atoms with Gasteiger partial charge in [0.05, 0.1) is 11.3 Å². The Kier molecular flexibility index (Phi) is 7.56. The Bertz CT molecular complexity index is 297. The molecular weight excluding hydrogens is 242 g/mol. The van der Waals surface area contributed by atoms with Crippen LogP contribution in [0.2, 0.25) is 0 Å². The topological polar surface area (TPSA) is 101 Å². The van der Waals surface area contributed by atoms with Crippen molar-refractivity contribution in [1.82, 2.24) is 10.6 Å². The van der Waals surface area contributed by atoms with Crippen molar-refractivity contribution in [2.75, 3.05) is 19.8 Å². The number of rotatable bonds is 7. The molecule has 0 aromatic heterocycles. The van der Waals surface area contributed by atoms with Gasteiger partial charge in [-0.15, -0.1) is 11.8 Å². The molecule has 2 atom stereocenters. The lowest BCUT2D eigenvalue weighted by Crippen LogP contribution is -2.37. The number of thioether (sulfide) groups is 1. The molecule has 0 saturated carbocycles. The maximum Gasteiger partial charge on any atom is 0.233 e. The second kappa shape index (κ2) is 8.08. The summed E-state index contributed by atoms with van der Waals surface area (Å²) in [6, 6.07) is -0.600. The Labute approximate surface area is 105 Å². The third kappa shape index (κ3) is 6.28. The van der Waals surface area contributed by atoms with Crippen LogP contribution in [0.15, 0.2) is 0 Å². The maximum atomic E-state index is 11.5. The zero-order valence-electron chi connectivity index (χ0n) is 10.3. The summed E-state index contributed by atoms with van der Waals surface area (Å²) in [6.45, 7) is 1.40. The van der Waals surface area contributed by atoms with Crippen molar-refractivity contribution in [1.29, 1.82) is 0 Å². The van der Waals surface area contributed by atoms with E-state index in [1.54, 1.807) is 0 Å². The second-order valence-corrected chi connectivity index (χ2v) is 4.77. The number of hydrogen-bond donors (Lipinski definition) is 3. The normalized spacial score (nSPS) is 13.6. The van der Waals surface area contributed by atoms with Gasteiger partial charge >= 0.3 is 0 Å². The minimum absolute atomic E-state index is 0.0749. The van der Waals surface area contributed by atoms with E-state index in [9.17, 15) is 14.4 Å². The molecule has 0 aliphatic rings. The molecule has 7 heteroatoms. The molecule has 0 fully saturated rings. The summed E-state index contributed by atoms with van der Waals surface area (Å²) in [6.07, 6.45) is 0.0749. The van der Waals surface area contributed by atoms with E-state index < -0.39 is 11.3 Å². The number of carbonyl (C=O) groups excluding carboxylic acids is 3. The Morgan fingerprint density at radius 1 is 1.24 bits per heavy atom. The van der Waals surface area contributed by atoms with E-state index in [1.807, 2.05) is 0 Å². The zero-order valence-corrected chi connectivity index (χ0v) is 11.1. The smallest absolute Gasteiger partial charge is 0.233 e. The fourth-order valence-electron chi connectivity index (χ4n) is 0.996. The first kappa shape index (κ1) is 15.9. The van der Waals surface area contributed by atoms with Crippen molar-refractivity contribution in [2.24, 2.45) is 5.73 Å². The summed E-state index contributed by atoms with van der Waals surface area (Å²) in [4.78, 5) is 33.7. The number of ketones is 1. The van der Waals surface area contributed by atoms with Gasteiger partial charge in [0.25, 0.3) is 0 Å². The highest BCUT2D eigenvalue weighted by molar-refractivity contribution is 8.00. The molecule has 0 aromatic carbocycles. The molecule has 4 N–H and O–H groups in total. The molecule has 0 bridgehead atoms. The highest BCUT2D eigenvalue weighted by Gasteiger charge is 2.22. The third-order valence-electron chi connectivity index (χ3n) is 2.19. The van der Waals surface area contributed by atoms with Crippen LogP contribution in [0.25, 0.3) is 0 Å². The number of nitrogens with one attached hydrogen (secondary N) is 2. The van der Waals surface area contributed by atoms with Gasteiger partial charge in [-0.3, -0.25) is 14.4 Å². The van der Waals surface area contributed by atoms with Gasteiger partial charge in [-0.25, -0.2) is 0 Å². The van der Waals surface area contributed by atoms with Crippen molar-refractivity contribution in [3.05, 3.63) is 0 Å². The van der Waals surface area contributed by atoms with Crippen LogP contribution in [-0.2, 0) is 14.4 Å². The van der Waals surface area contributed by atoms with E-state index in [-0.39, 0.29) is 24.0 Å². The van der Waals surface area contributed by atoms with Crippen LogP contribution in [0.3, 0.4) is 0 Å². The van der Waals surface area contributed by atoms with Crippen LogP contribution in [0.5, 0.6) is 0 Å². The molecule has 0 spiro atoms. The first-order valence-corrected chi connectivity index (χ1v) is 6.27. The van der Waals surface area contributed by atoms with Crippen molar-refractivity contribution >= 4 is 29.4 Å². The van der Waals surface area contributed by atoms with Crippen LogP contribution in [0.1, 0.15) is 13.3 Å². The van der Waals surface area contributed by atoms with E-state index in [4.69, 9.17) is 5.73 Å². The van der Waals surface area contributed by atoms with Gasteiger partial charge in [0.15, 0.2) is 0 Å². The molecule has 0 saturated heterocycles. The van der Waals surface area contributed by atoms with Gasteiger partial charge in [-0.2, -0.15) is 0 Å². The molecule has 17 heavy (non-hydrogen) atoms. The largest absolute Gasteiger partial charge is 0.359 e. The highest BCUT2D eigenvalue weighted by Crippen LogP contribution is 2.16. The fraction of sp³-hybridized carbons (Fsp3) is 0.700. The quantitative estimate of drug-likeness (QED) is 0.539. The van der Waals surface area contributed by atoms with Crippen LogP contribution < -0.4 is 16.4 Å². The van der Waals surface area contributed by atoms with Crippen LogP contribution in [-0.4, -0.2) is 48.7 Å². The standard InChI is InChI=1S/C10H19N3O3S/c1-6(14)7(11)5-17-8(10(16)13-3)4-9(15)12-2/h7-8H,4-5,11H2,1-3H3,(H,12,15)(H,13,16)/t7-,8?/m1/s1. The lowest BCUT2D eigenvalue weighted by molar-refractivity contribution is -0.125. The molecule has 6 nitrogen and oxygen atoms in total. The fourth-order valence-corrected chi connectivity index (χ4v) is 2.21. The summed E-state index contributed by atoms with van der Waals surface area (Å²) in [7, 11) is 3.01. The molecule has 0 aliphatic carbocycles. The third-order valence-corrected chi connectivity index (χ3v) is 3.52. The average molecular weight is 261 g/mol. The Morgan fingerprint density at radius 3 is 2.24 bits per heavy atom. The predicted octanol–water partition coefficient (Wildman–Crippen LogP) is -1.11. The molecule has 1 unspecified atom stereocenters. The van der Waals surface area contributed by atoms with Gasteiger partial charge < -0.3 is 16.4 Å². The first-order valence-electron chi connectivity index (χ1n) is 5.22. The Hall–Kier alpha value is -1.08. The van der Waals surface area contributed by atoms with E-state index >= 15 is 0 Å². The Balaban J connectivity index is 4.34. The first-order chi connectivity index (χ1) is 7.92. The molecule has 98 valence electrons. The Morgan fingerprint density at radius 2 is 1.82 bits per heavy atom. The lowest BCUT2D eigenvalue weighted by Gasteiger charge is -2.16. The number of carbonyl (C=O) groups is 3. The molecule has 0 radical (unpaired) electrons. The van der Waals surface area contributed by atoms with E-state index in [0.29, 0.717) is 5.75 Å². The highest BCUT2D eigenvalue weighted by atomic mass is 32.2. The molecular formula is C10H19N3O3S. The minimum Gasteiger partial charge on any atom is -0.359 e. The maximum absolute atomic E-state index is 11.5. The summed E-state index contributed by atoms with van der Waals surface area (Å²) in [5.74, 6) is -0.269. The van der Waals surface area contributed by atoms with Crippen LogP contribution in [0, 0.1) is 0 Å². The number of Topliss-reactive ketones (excluding diaryl/α,β-unsaturated/α-hetero) is 1. The zero-order chi connectivity index (χ0) is 13.4. The molecule has 0 rings (SSSR count). The van der Waals surface area contributed by atoms with Crippen molar-refractivity contribution < 1.29 is 14.4 Å². The van der Waals surface area contributed by atoms with Crippen molar-refractivity contribution in [3.8, 4) is 0 Å². The molecule has 0 heterocycles. The van der Waals surface area contributed by atoms with Gasteiger partial charge in [0, 0.05) is 26.3 Å². The molecule has 0 aliphatic heterocycles.